The molecular formula is C22H25NO4. The minimum absolute atomic E-state index is 0.150. The highest BCUT2D eigenvalue weighted by atomic mass is 16.5. The predicted octanol–water partition coefficient (Wildman–Crippen LogP) is 4.14. The molecule has 2 aromatic rings. The summed E-state index contributed by atoms with van der Waals surface area (Å²) in [7, 11) is 0. The fourth-order valence-electron chi connectivity index (χ4n) is 3.50. The Kier molecular flexibility index (Phi) is 6.12. The molecule has 1 amide bonds. The smallest absolute Gasteiger partial charge is 0.342 e. The number of carbonyl (C=O) groups excluding carboxylic acids is 2. The van der Waals surface area contributed by atoms with E-state index in [0.29, 0.717) is 42.0 Å². The number of benzene rings is 2. The standard InChI is InChI=1S/C22H25NO4/c1-16-12-17(2)14-23(13-16)21(24)15-26-22(25)19-10-6-7-11-20(19)27-18-8-4-3-5-9-18/h3-11,16-17H,12-15H2,1-2H3/t16-,17-/m1/s1. The SMILES string of the molecule is C[C@@H]1C[C@@H](C)CN(C(=O)COC(=O)c2ccccc2Oc2ccccc2)C1. The molecule has 1 heterocycles. The Morgan fingerprint density at radius 3 is 2.30 bits per heavy atom. The van der Waals surface area contributed by atoms with Crippen LogP contribution in [0.4, 0.5) is 0 Å². The summed E-state index contributed by atoms with van der Waals surface area (Å²) in [6.45, 7) is 5.46. The molecule has 27 heavy (non-hydrogen) atoms. The molecule has 2 atom stereocenters. The van der Waals surface area contributed by atoms with Crippen molar-refractivity contribution in [3.8, 4) is 11.5 Å². The van der Waals surface area contributed by atoms with Crippen molar-refractivity contribution in [2.75, 3.05) is 19.7 Å². The van der Waals surface area contributed by atoms with Gasteiger partial charge in [-0.15, -0.1) is 0 Å². The second-order valence-corrected chi connectivity index (χ2v) is 7.23. The van der Waals surface area contributed by atoms with E-state index in [-0.39, 0.29) is 12.5 Å². The van der Waals surface area contributed by atoms with Crippen molar-refractivity contribution in [3.05, 3.63) is 60.2 Å². The molecule has 1 aliphatic heterocycles. The zero-order chi connectivity index (χ0) is 19.2. The summed E-state index contributed by atoms with van der Waals surface area (Å²) in [4.78, 5) is 26.7. The van der Waals surface area contributed by atoms with E-state index >= 15 is 0 Å². The number of likely N-dealkylation sites (tertiary alicyclic amines) is 1. The van der Waals surface area contributed by atoms with Gasteiger partial charge in [0.15, 0.2) is 6.61 Å². The first-order chi connectivity index (χ1) is 13.0. The molecular weight excluding hydrogens is 342 g/mol. The number of esters is 1. The number of amides is 1. The zero-order valence-corrected chi connectivity index (χ0v) is 15.8. The molecule has 0 N–H and O–H groups in total. The van der Waals surface area contributed by atoms with Gasteiger partial charge >= 0.3 is 5.97 Å². The molecule has 1 fully saturated rings. The first-order valence-corrected chi connectivity index (χ1v) is 9.29. The molecule has 0 saturated carbocycles. The fraction of sp³-hybridized carbons (Fsp3) is 0.364. The van der Waals surface area contributed by atoms with Crippen LogP contribution in [0.2, 0.25) is 0 Å². The van der Waals surface area contributed by atoms with Crippen molar-refractivity contribution >= 4 is 11.9 Å². The molecule has 0 spiro atoms. The monoisotopic (exact) mass is 367 g/mol. The Hall–Kier alpha value is -2.82. The average molecular weight is 367 g/mol. The lowest BCUT2D eigenvalue weighted by molar-refractivity contribution is -0.137. The maximum atomic E-state index is 12.5. The van der Waals surface area contributed by atoms with E-state index in [1.54, 1.807) is 29.2 Å². The van der Waals surface area contributed by atoms with Crippen molar-refractivity contribution in [1.29, 1.82) is 0 Å². The Labute approximate surface area is 159 Å². The maximum absolute atomic E-state index is 12.5. The first kappa shape index (κ1) is 19.0. The zero-order valence-electron chi connectivity index (χ0n) is 15.8. The van der Waals surface area contributed by atoms with Gasteiger partial charge in [0, 0.05) is 13.1 Å². The molecule has 0 radical (unpaired) electrons. The molecule has 3 rings (SSSR count). The fourth-order valence-corrected chi connectivity index (χ4v) is 3.50. The topological polar surface area (TPSA) is 55.8 Å². The van der Waals surface area contributed by atoms with Gasteiger partial charge in [0.2, 0.25) is 0 Å². The van der Waals surface area contributed by atoms with E-state index in [4.69, 9.17) is 9.47 Å². The predicted molar refractivity (Wildman–Crippen MR) is 103 cm³/mol. The number of rotatable bonds is 5. The third-order valence-corrected chi connectivity index (χ3v) is 4.63. The van der Waals surface area contributed by atoms with Crippen LogP contribution in [0.1, 0.15) is 30.6 Å². The number of hydrogen-bond donors (Lipinski definition) is 0. The van der Waals surface area contributed by atoms with Crippen molar-refractivity contribution in [1.82, 2.24) is 4.90 Å². The summed E-state index contributed by atoms with van der Waals surface area (Å²) in [5.41, 5.74) is 0.300. The number of hydrogen-bond acceptors (Lipinski definition) is 4. The lowest BCUT2D eigenvalue weighted by Gasteiger charge is -2.34. The Bertz CT molecular complexity index is 780. The Morgan fingerprint density at radius 1 is 0.963 bits per heavy atom. The maximum Gasteiger partial charge on any atom is 0.342 e. The molecule has 5 nitrogen and oxygen atoms in total. The van der Waals surface area contributed by atoms with E-state index in [1.807, 2.05) is 30.3 Å². The molecule has 0 unspecified atom stereocenters. The largest absolute Gasteiger partial charge is 0.456 e. The quantitative estimate of drug-likeness (QED) is 0.745. The van der Waals surface area contributed by atoms with Crippen molar-refractivity contribution in [2.24, 2.45) is 11.8 Å². The summed E-state index contributed by atoms with van der Waals surface area (Å²) in [5, 5.41) is 0. The minimum Gasteiger partial charge on any atom is -0.456 e. The number of para-hydroxylation sites is 2. The molecule has 0 bridgehead atoms. The van der Waals surface area contributed by atoms with Gasteiger partial charge in [-0.1, -0.05) is 44.2 Å². The number of ether oxygens (including phenoxy) is 2. The number of carbonyl (C=O) groups is 2. The Morgan fingerprint density at radius 2 is 1.59 bits per heavy atom. The van der Waals surface area contributed by atoms with Crippen LogP contribution >= 0.6 is 0 Å². The molecule has 1 saturated heterocycles. The van der Waals surface area contributed by atoms with Crippen molar-refractivity contribution < 1.29 is 19.1 Å². The van der Waals surface area contributed by atoms with Crippen LogP contribution in [0.15, 0.2) is 54.6 Å². The van der Waals surface area contributed by atoms with Crippen molar-refractivity contribution in [2.45, 2.75) is 20.3 Å². The third kappa shape index (κ3) is 5.09. The van der Waals surface area contributed by atoms with E-state index < -0.39 is 5.97 Å². The molecule has 5 heteroatoms. The normalized spacial score (nSPS) is 19.4. The van der Waals surface area contributed by atoms with E-state index in [1.165, 1.54) is 0 Å². The van der Waals surface area contributed by atoms with Crippen LogP contribution in [0, 0.1) is 11.8 Å². The van der Waals surface area contributed by atoms with Crippen LogP contribution in [0.5, 0.6) is 11.5 Å². The minimum atomic E-state index is -0.562. The van der Waals surface area contributed by atoms with Crippen LogP contribution in [-0.4, -0.2) is 36.5 Å². The van der Waals surface area contributed by atoms with Crippen LogP contribution in [0.3, 0.4) is 0 Å². The lowest BCUT2D eigenvalue weighted by atomic mass is 9.92. The van der Waals surface area contributed by atoms with Gasteiger partial charge in [0.05, 0.1) is 0 Å². The van der Waals surface area contributed by atoms with Gasteiger partial charge < -0.3 is 14.4 Å². The van der Waals surface area contributed by atoms with Gasteiger partial charge in [0.1, 0.15) is 17.1 Å². The van der Waals surface area contributed by atoms with Gasteiger partial charge in [-0.2, -0.15) is 0 Å². The molecule has 142 valence electrons. The summed E-state index contributed by atoms with van der Waals surface area (Å²) in [6.07, 6.45) is 1.12. The second-order valence-electron chi connectivity index (χ2n) is 7.23. The van der Waals surface area contributed by atoms with Gasteiger partial charge in [-0.05, 0) is 42.5 Å². The first-order valence-electron chi connectivity index (χ1n) is 9.29. The Balaban J connectivity index is 1.62. The number of nitrogens with zero attached hydrogens (tertiary/aromatic N) is 1. The van der Waals surface area contributed by atoms with Crippen LogP contribution in [0.25, 0.3) is 0 Å². The van der Waals surface area contributed by atoms with E-state index in [2.05, 4.69) is 13.8 Å². The van der Waals surface area contributed by atoms with Gasteiger partial charge in [-0.3, -0.25) is 4.79 Å². The molecule has 2 aromatic carbocycles. The highest BCUT2D eigenvalue weighted by Crippen LogP contribution is 2.26. The molecule has 0 aliphatic carbocycles. The average Bonchev–Trinajstić information content (AvgIpc) is 2.66. The second kappa shape index (κ2) is 8.71. The highest BCUT2D eigenvalue weighted by molar-refractivity contribution is 5.94. The highest BCUT2D eigenvalue weighted by Gasteiger charge is 2.26. The van der Waals surface area contributed by atoms with Crippen molar-refractivity contribution in [3.63, 3.8) is 0 Å². The van der Waals surface area contributed by atoms with Gasteiger partial charge in [0.25, 0.3) is 5.91 Å². The van der Waals surface area contributed by atoms with E-state index in [9.17, 15) is 9.59 Å². The molecule has 1 aliphatic rings. The third-order valence-electron chi connectivity index (χ3n) is 4.63. The summed E-state index contributed by atoms with van der Waals surface area (Å²) in [5.74, 6) is 1.25. The summed E-state index contributed by atoms with van der Waals surface area (Å²) >= 11 is 0. The van der Waals surface area contributed by atoms with E-state index in [0.717, 1.165) is 6.42 Å². The lowest BCUT2D eigenvalue weighted by Crippen LogP contribution is -2.44. The molecule has 0 aromatic heterocycles. The summed E-state index contributed by atoms with van der Waals surface area (Å²) < 4.78 is 11.1. The van der Waals surface area contributed by atoms with Crippen LogP contribution in [-0.2, 0) is 9.53 Å². The van der Waals surface area contributed by atoms with Crippen LogP contribution < -0.4 is 4.74 Å². The number of piperidine rings is 1. The summed E-state index contributed by atoms with van der Waals surface area (Å²) in [6, 6.07) is 16.1. The van der Waals surface area contributed by atoms with Gasteiger partial charge in [-0.25, -0.2) is 4.79 Å².